The number of nitrogens with zero attached hydrogens (tertiary/aromatic N) is 5. The molecule has 170 valence electrons. The van der Waals surface area contributed by atoms with Crippen LogP contribution in [0.25, 0.3) is 17.1 Å². The molecular weight excluding hydrogens is 392 g/mol. The maximum atomic E-state index is 12.6. The van der Waals surface area contributed by atoms with Crippen LogP contribution in [0.2, 0.25) is 0 Å². The second kappa shape index (κ2) is 10.6. The lowest BCUT2D eigenvalue weighted by Gasteiger charge is -2.10. The maximum Gasteiger partial charge on any atom is 0.329 e. The van der Waals surface area contributed by atoms with Crippen LogP contribution in [0.5, 0.6) is 0 Å². The van der Waals surface area contributed by atoms with Crippen molar-refractivity contribution < 1.29 is 0 Å². The molecule has 0 unspecified atom stereocenters. The van der Waals surface area contributed by atoms with Gasteiger partial charge in [0.2, 0.25) is 5.95 Å². The molecule has 0 saturated heterocycles. The summed E-state index contributed by atoms with van der Waals surface area (Å²) in [4.78, 5) is 31.7. The lowest BCUT2D eigenvalue weighted by molar-refractivity contribution is 0.532. The highest BCUT2D eigenvalue weighted by molar-refractivity contribution is 5.72. The molecule has 1 N–H and O–H groups in total. The molecule has 0 aromatic carbocycles. The molecule has 0 fully saturated rings. The number of aryl methyl sites for hydroxylation is 4. The molecule has 8 nitrogen and oxygen atoms in total. The average Bonchev–Trinajstić information content (AvgIpc) is 3.27. The number of aromatic nitrogens is 6. The molecule has 0 saturated carbocycles. The van der Waals surface area contributed by atoms with Gasteiger partial charge in [-0.15, -0.1) is 0 Å². The minimum Gasteiger partial charge on any atom is -0.302 e. The van der Waals surface area contributed by atoms with Crippen molar-refractivity contribution >= 4 is 11.2 Å². The smallest absolute Gasteiger partial charge is 0.302 e. The van der Waals surface area contributed by atoms with Gasteiger partial charge in [0.1, 0.15) is 0 Å². The lowest BCUT2D eigenvalue weighted by atomic mass is 10.1. The highest BCUT2D eigenvalue weighted by atomic mass is 16.2. The Balaban J connectivity index is 1.72. The van der Waals surface area contributed by atoms with Gasteiger partial charge in [-0.3, -0.25) is 14.3 Å². The predicted molar refractivity (Wildman–Crippen MR) is 124 cm³/mol. The summed E-state index contributed by atoms with van der Waals surface area (Å²) in [5.41, 5.74) is 1.80. The first kappa shape index (κ1) is 23.0. The van der Waals surface area contributed by atoms with Crippen molar-refractivity contribution in [2.45, 2.75) is 91.5 Å². The molecule has 3 rings (SSSR count). The number of hydrogen-bond donors (Lipinski definition) is 1. The second-order valence-electron chi connectivity index (χ2n) is 8.57. The fraction of sp³-hybridized carbons (Fsp3) is 0.652. The van der Waals surface area contributed by atoms with E-state index in [4.69, 9.17) is 0 Å². The van der Waals surface area contributed by atoms with E-state index in [1.54, 1.807) is 11.7 Å². The number of fused-ring (bicyclic) bond motifs is 1. The zero-order valence-corrected chi connectivity index (χ0v) is 19.4. The average molecular weight is 429 g/mol. The zero-order chi connectivity index (χ0) is 22.4. The zero-order valence-electron chi connectivity index (χ0n) is 19.4. The van der Waals surface area contributed by atoms with E-state index in [2.05, 4.69) is 22.0 Å². The van der Waals surface area contributed by atoms with Crippen molar-refractivity contribution in [2.75, 3.05) is 0 Å². The van der Waals surface area contributed by atoms with Crippen LogP contribution in [0, 0.1) is 13.8 Å². The normalized spacial score (nSPS) is 11.6. The van der Waals surface area contributed by atoms with Crippen LogP contribution in [-0.4, -0.2) is 28.9 Å². The van der Waals surface area contributed by atoms with E-state index >= 15 is 0 Å². The minimum absolute atomic E-state index is 0.392. The molecule has 0 aliphatic carbocycles. The SMILES string of the molecule is CCCCCCCCCCCCn1c(-n2nc(C)cc2C)nc2c1c(=O)[nH]c(=O)n2C. The Morgan fingerprint density at radius 1 is 0.935 bits per heavy atom. The summed E-state index contributed by atoms with van der Waals surface area (Å²) in [6.45, 7) is 6.81. The molecule has 8 heteroatoms. The quantitative estimate of drug-likeness (QED) is 0.439. The van der Waals surface area contributed by atoms with Gasteiger partial charge in [-0.2, -0.15) is 10.1 Å². The summed E-state index contributed by atoms with van der Waals surface area (Å²) in [6, 6.07) is 1.98. The third-order valence-corrected chi connectivity index (χ3v) is 5.92. The van der Waals surface area contributed by atoms with Crippen LogP contribution in [0.4, 0.5) is 0 Å². The van der Waals surface area contributed by atoms with Gasteiger partial charge in [-0.05, 0) is 26.3 Å². The number of H-pyrrole nitrogens is 1. The summed E-state index contributed by atoms with van der Waals surface area (Å²) >= 11 is 0. The van der Waals surface area contributed by atoms with E-state index in [0.717, 1.165) is 24.2 Å². The van der Waals surface area contributed by atoms with Gasteiger partial charge in [-0.25, -0.2) is 9.48 Å². The molecule has 0 atom stereocenters. The van der Waals surface area contributed by atoms with Crippen molar-refractivity contribution in [1.29, 1.82) is 0 Å². The fourth-order valence-electron chi connectivity index (χ4n) is 4.19. The fourth-order valence-corrected chi connectivity index (χ4v) is 4.19. The van der Waals surface area contributed by atoms with Gasteiger partial charge in [0, 0.05) is 19.3 Å². The molecule has 3 aromatic heterocycles. The number of nitrogens with one attached hydrogen (secondary N) is 1. The Bertz CT molecular complexity index is 1120. The standard InChI is InChI=1S/C23H36N6O2/c1-5-6-7-8-9-10-11-12-13-14-15-28-19-20(27(4)23(31)25-21(19)30)24-22(28)29-18(3)16-17(2)26-29/h16H,5-15H2,1-4H3,(H,25,30,31). The lowest BCUT2D eigenvalue weighted by Crippen LogP contribution is -2.29. The van der Waals surface area contributed by atoms with Crippen molar-refractivity contribution in [3.63, 3.8) is 0 Å². The molecule has 31 heavy (non-hydrogen) atoms. The van der Waals surface area contributed by atoms with Crippen LogP contribution in [0.3, 0.4) is 0 Å². The van der Waals surface area contributed by atoms with Gasteiger partial charge in [0.05, 0.1) is 5.69 Å². The molecule has 3 heterocycles. The van der Waals surface area contributed by atoms with E-state index < -0.39 is 11.2 Å². The Morgan fingerprint density at radius 2 is 1.55 bits per heavy atom. The number of imidazole rings is 1. The summed E-state index contributed by atoms with van der Waals surface area (Å²) < 4.78 is 5.06. The first-order valence-corrected chi connectivity index (χ1v) is 11.7. The summed E-state index contributed by atoms with van der Waals surface area (Å²) in [6.07, 6.45) is 12.5. The van der Waals surface area contributed by atoms with Crippen molar-refractivity contribution in [2.24, 2.45) is 7.05 Å². The molecule has 0 amide bonds. The number of rotatable bonds is 12. The third-order valence-electron chi connectivity index (χ3n) is 5.92. The van der Waals surface area contributed by atoms with Crippen LogP contribution >= 0.6 is 0 Å². The number of aromatic amines is 1. The molecule has 0 aliphatic rings. The van der Waals surface area contributed by atoms with Crippen molar-refractivity contribution in [1.82, 2.24) is 28.9 Å². The summed E-state index contributed by atoms with van der Waals surface area (Å²) in [5, 5.41) is 4.55. The molecule has 0 spiro atoms. The first-order valence-electron chi connectivity index (χ1n) is 11.7. The monoisotopic (exact) mass is 428 g/mol. The van der Waals surface area contributed by atoms with E-state index in [1.807, 2.05) is 24.5 Å². The summed E-state index contributed by atoms with van der Waals surface area (Å²) in [7, 11) is 1.63. The van der Waals surface area contributed by atoms with Gasteiger partial charge in [0.15, 0.2) is 11.2 Å². The van der Waals surface area contributed by atoms with E-state index in [0.29, 0.717) is 23.7 Å². The number of unbranched alkanes of at least 4 members (excludes halogenated alkanes) is 9. The summed E-state index contributed by atoms with van der Waals surface area (Å²) in [5.74, 6) is 0.586. The van der Waals surface area contributed by atoms with Crippen LogP contribution < -0.4 is 11.2 Å². The van der Waals surface area contributed by atoms with E-state index in [1.165, 1.54) is 55.9 Å². The Kier molecular flexibility index (Phi) is 7.87. The Labute approximate surface area is 183 Å². The molecule has 3 aromatic rings. The van der Waals surface area contributed by atoms with E-state index in [-0.39, 0.29) is 0 Å². The highest BCUT2D eigenvalue weighted by Crippen LogP contribution is 2.19. The minimum atomic E-state index is -0.457. The molecule has 0 radical (unpaired) electrons. The van der Waals surface area contributed by atoms with Gasteiger partial charge < -0.3 is 4.57 Å². The molecule has 0 bridgehead atoms. The molecular formula is C23H36N6O2. The highest BCUT2D eigenvalue weighted by Gasteiger charge is 2.20. The van der Waals surface area contributed by atoms with Crippen LogP contribution in [0.1, 0.15) is 82.5 Å². The molecule has 0 aliphatic heterocycles. The Morgan fingerprint density at radius 3 is 2.13 bits per heavy atom. The third kappa shape index (κ3) is 5.35. The van der Waals surface area contributed by atoms with Crippen molar-refractivity contribution in [3.8, 4) is 5.95 Å². The topological polar surface area (TPSA) is 90.5 Å². The Hall–Kier alpha value is -2.64. The largest absolute Gasteiger partial charge is 0.329 e. The van der Waals surface area contributed by atoms with Gasteiger partial charge in [0.25, 0.3) is 5.56 Å². The van der Waals surface area contributed by atoms with Gasteiger partial charge in [-0.1, -0.05) is 64.7 Å². The van der Waals surface area contributed by atoms with Crippen LogP contribution in [-0.2, 0) is 13.6 Å². The van der Waals surface area contributed by atoms with Crippen LogP contribution in [0.15, 0.2) is 15.7 Å². The van der Waals surface area contributed by atoms with Crippen molar-refractivity contribution in [3.05, 3.63) is 38.3 Å². The van der Waals surface area contributed by atoms with E-state index in [9.17, 15) is 9.59 Å². The predicted octanol–water partition coefficient (Wildman–Crippen LogP) is 4.15. The first-order chi connectivity index (χ1) is 14.9. The second-order valence-corrected chi connectivity index (χ2v) is 8.57. The maximum absolute atomic E-state index is 12.6. The van der Waals surface area contributed by atoms with Gasteiger partial charge >= 0.3 is 5.69 Å². The number of hydrogen-bond acceptors (Lipinski definition) is 4.